The quantitative estimate of drug-likeness (QED) is 0.783. The van der Waals surface area contributed by atoms with Gasteiger partial charge in [0.25, 0.3) is 0 Å². The first-order valence-corrected chi connectivity index (χ1v) is 9.48. The van der Waals surface area contributed by atoms with Crippen molar-refractivity contribution in [1.82, 2.24) is 9.80 Å². The number of para-hydroxylation sites is 1. The molecule has 0 radical (unpaired) electrons. The highest BCUT2D eigenvalue weighted by atomic mass is 35.5. The number of rotatable bonds is 5. The number of nitrogens with zero attached hydrogens (tertiary/aromatic N) is 2. The smallest absolute Gasteiger partial charge is 0.227 e. The van der Waals surface area contributed by atoms with Gasteiger partial charge in [-0.2, -0.15) is 0 Å². The predicted octanol–water partition coefficient (Wildman–Crippen LogP) is 2.85. The van der Waals surface area contributed by atoms with Crippen molar-refractivity contribution in [2.75, 3.05) is 31.9 Å². The number of halogens is 1. The third-order valence-electron chi connectivity index (χ3n) is 5.25. The largest absolute Gasteiger partial charge is 0.399 e. The molecule has 2 N–H and O–H groups in total. The summed E-state index contributed by atoms with van der Waals surface area (Å²) >= 11 is 0. The van der Waals surface area contributed by atoms with Gasteiger partial charge in [-0.25, -0.2) is 0 Å². The molecule has 1 aliphatic heterocycles. The van der Waals surface area contributed by atoms with Crippen LogP contribution in [0.1, 0.15) is 23.1 Å². The van der Waals surface area contributed by atoms with Crippen molar-refractivity contribution in [3.63, 3.8) is 0 Å². The monoisotopic (exact) mass is 401 g/mol. The number of piperazine rings is 1. The molecule has 5 nitrogen and oxygen atoms in total. The first-order chi connectivity index (χ1) is 13.0. The Balaban J connectivity index is 0.00000280. The number of nitrogen functional groups attached to an aromatic ring is 1. The molecule has 3 rings (SSSR count). The maximum Gasteiger partial charge on any atom is 0.227 e. The minimum absolute atomic E-state index is 0. The molecule has 6 heteroatoms. The molecule has 1 aliphatic rings. The molecule has 2 amide bonds. The Morgan fingerprint density at radius 1 is 0.857 bits per heavy atom. The van der Waals surface area contributed by atoms with Crippen molar-refractivity contribution in [2.45, 2.75) is 26.2 Å². The number of aryl methyl sites for hydroxylation is 2. The van der Waals surface area contributed by atoms with E-state index in [1.54, 1.807) is 0 Å². The van der Waals surface area contributed by atoms with Crippen molar-refractivity contribution < 1.29 is 9.59 Å². The number of anilines is 1. The zero-order valence-corrected chi connectivity index (χ0v) is 17.1. The normalized spacial score (nSPS) is 13.8. The lowest BCUT2D eigenvalue weighted by Gasteiger charge is -2.35. The molecule has 2 aromatic rings. The van der Waals surface area contributed by atoms with Crippen LogP contribution >= 0.6 is 12.4 Å². The van der Waals surface area contributed by atoms with Crippen LogP contribution in [0.3, 0.4) is 0 Å². The second-order valence-corrected chi connectivity index (χ2v) is 7.06. The van der Waals surface area contributed by atoms with Crippen molar-refractivity contribution in [3.05, 3.63) is 65.2 Å². The van der Waals surface area contributed by atoms with Gasteiger partial charge in [-0.15, -0.1) is 12.4 Å². The minimum atomic E-state index is 0. The summed E-state index contributed by atoms with van der Waals surface area (Å²) in [6.07, 6.45) is 1.53. The summed E-state index contributed by atoms with van der Waals surface area (Å²) in [5, 5.41) is 0. The molecule has 1 fully saturated rings. The van der Waals surface area contributed by atoms with E-state index in [0.717, 1.165) is 22.4 Å². The molecule has 0 aromatic heterocycles. The number of carbonyl (C=O) groups excluding carboxylic acids is 2. The number of hydrogen-bond acceptors (Lipinski definition) is 3. The van der Waals surface area contributed by atoms with E-state index in [-0.39, 0.29) is 24.2 Å². The van der Waals surface area contributed by atoms with Gasteiger partial charge in [0.1, 0.15) is 0 Å². The van der Waals surface area contributed by atoms with Crippen LogP contribution in [0, 0.1) is 6.92 Å². The molecule has 2 aromatic carbocycles. The maximum absolute atomic E-state index is 12.6. The molecule has 1 saturated heterocycles. The Labute approximate surface area is 172 Å². The molecule has 0 spiro atoms. The van der Waals surface area contributed by atoms with Gasteiger partial charge < -0.3 is 15.5 Å². The number of hydrogen-bond donors (Lipinski definition) is 1. The maximum atomic E-state index is 12.6. The average Bonchev–Trinajstić information content (AvgIpc) is 2.69. The van der Waals surface area contributed by atoms with Crippen LogP contribution in [0.4, 0.5) is 5.69 Å². The van der Waals surface area contributed by atoms with E-state index in [1.807, 2.05) is 65.3 Å². The molecular formula is C22H28ClN3O2. The van der Waals surface area contributed by atoms with Crippen molar-refractivity contribution in [3.8, 4) is 0 Å². The van der Waals surface area contributed by atoms with Gasteiger partial charge in [0.15, 0.2) is 0 Å². The highest BCUT2D eigenvalue weighted by Gasteiger charge is 2.24. The molecule has 0 aliphatic carbocycles. The van der Waals surface area contributed by atoms with Gasteiger partial charge >= 0.3 is 0 Å². The van der Waals surface area contributed by atoms with Crippen LogP contribution in [0.5, 0.6) is 0 Å². The first-order valence-electron chi connectivity index (χ1n) is 9.48. The highest BCUT2D eigenvalue weighted by molar-refractivity contribution is 5.85. The van der Waals surface area contributed by atoms with Gasteiger partial charge in [-0.3, -0.25) is 9.59 Å². The SMILES string of the molecule is Cc1ccccc1CC(=O)N1CCN(C(=O)CCc2ccccc2N)CC1.Cl. The average molecular weight is 402 g/mol. The zero-order valence-electron chi connectivity index (χ0n) is 16.3. The molecule has 0 bridgehead atoms. The van der Waals surface area contributed by atoms with E-state index < -0.39 is 0 Å². The van der Waals surface area contributed by atoms with E-state index in [2.05, 4.69) is 0 Å². The molecule has 1 heterocycles. The second kappa shape index (κ2) is 10.1. The van der Waals surface area contributed by atoms with Crippen LogP contribution in [0.2, 0.25) is 0 Å². The van der Waals surface area contributed by atoms with Crippen LogP contribution < -0.4 is 5.73 Å². The number of benzene rings is 2. The first kappa shape index (κ1) is 21.8. The number of carbonyl (C=O) groups is 2. The summed E-state index contributed by atoms with van der Waals surface area (Å²) in [7, 11) is 0. The predicted molar refractivity (Wildman–Crippen MR) is 114 cm³/mol. The highest BCUT2D eigenvalue weighted by Crippen LogP contribution is 2.15. The second-order valence-electron chi connectivity index (χ2n) is 7.06. The van der Waals surface area contributed by atoms with E-state index in [0.29, 0.717) is 45.4 Å². The Bertz CT molecular complexity index is 817. The summed E-state index contributed by atoms with van der Waals surface area (Å²) in [6, 6.07) is 15.6. The lowest BCUT2D eigenvalue weighted by atomic mass is 10.0. The van der Waals surface area contributed by atoms with E-state index in [4.69, 9.17) is 5.73 Å². The van der Waals surface area contributed by atoms with Crippen molar-refractivity contribution >= 4 is 29.9 Å². The molecule has 0 atom stereocenters. The fraction of sp³-hybridized carbons (Fsp3) is 0.364. The lowest BCUT2D eigenvalue weighted by Crippen LogP contribution is -2.51. The topological polar surface area (TPSA) is 66.6 Å². The van der Waals surface area contributed by atoms with Crippen LogP contribution in [-0.2, 0) is 22.4 Å². The number of amides is 2. The summed E-state index contributed by atoms with van der Waals surface area (Å²) in [6.45, 7) is 4.43. The van der Waals surface area contributed by atoms with Crippen LogP contribution in [0.15, 0.2) is 48.5 Å². The third kappa shape index (κ3) is 5.49. The molecule has 150 valence electrons. The minimum Gasteiger partial charge on any atom is -0.399 e. The van der Waals surface area contributed by atoms with Crippen LogP contribution in [-0.4, -0.2) is 47.8 Å². The Kier molecular flexibility index (Phi) is 7.88. The van der Waals surface area contributed by atoms with E-state index >= 15 is 0 Å². The third-order valence-corrected chi connectivity index (χ3v) is 5.25. The Hall–Kier alpha value is -2.53. The van der Waals surface area contributed by atoms with E-state index in [9.17, 15) is 9.59 Å². The molecule has 0 saturated carbocycles. The fourth-order valence-electron chi connectivity index (χ4n) is 3.45. The Morgan fingerprint density at radius 3 is 2.00 bits per heavy atom. The summed E-state index contributed by atoms with van der Waals surface area (Å²) in [4.78, 5) is 28.8. The summed E-state index contributed by atoms with van der Waals surface area (Å²) in [5.74, 6) is 0.262. The summed E-state index contributed by atoms with van der Waals surface area (Å²) < 4.78 is 0. The van der Waals surface area contributed by atoms with Gasteiger partial charge in [0.05, 0.1) is 6.42 Å². The number of nitrogens with two attached hydrogens (primary N) is 1. The molecule has 28 heavy (non-hydrogen) atoms. The molecular weight excluding hydrogens is 374 g/mol. The standard InChI is InChI=1S/C22H27N3O2.ClH/c1-17-6-2-3-8-19(17)16-22(27)25-14-12-24(13-15-25)21(26)11-10-18-7-4-5-9-20(18)23;/h2-9H,10-16,23H2,1H3;1H. The van der Waals surface area contributed by atoms with Crippen LogP contribution in [0.25, 0.3) is 0 Å². The van der Waals surface area contributed by atoms with E-state index in [1.165, 1.54) is 0 Å². The van der Waals surface area contributed by atoms with Gasteiger partial charge in [-0.1, -0.05) is 42.5 Å². The van der Waals surface area contributed by atoms with Gasteiger partial charge in [0.2, 0.25) is 11.8 Å². The summed E-state index contributed by atoms with van der Waals surface area (Å²) in [5.41, 5.74) is 9.90. The zero-order chi connectivity index (χ0) is 19.2. The van der Waals surface area contributed by atoms with Crippen molar-refractivity contribution in [2.24, 2.45) is 0 Å². The molecule has 0 unspecified atom stereocenters. The lowest BCUT2D eigenvalue weighted by molar-refractivity contribution is -0.139. The van der Waals surface area contributed by atoms with Gasteiger partial charge in [-0.05, 0) is 36.1 Å². The van der Waals surface area contributed by atoms with Crippen molar-refractivity contribution in [1.29, 1.82) is 0 Å². The fourth-order valence-corrected chi connectivity index (χ4v) is 3.45. The van der Waals surface area contributed by atoms with Gasteiger partial charge in [0, 0.05) is 38.3 Å². The Morgan fingerprint density at radius 2 is 1.39 bits per heavy atom.